The van der Waals surface area contributed by atoms with Gasteiger partial charge in [-0.15, -0.1) is 0 Å². The Balaban J connectivity index is 1.32. The minimum absolute atomic E-state index is 0.185. The predicted octanol–water partition coefficient (Wildman–Crippen LogP) is 5.93. The number of nitrogens with zero attached hydrogens (tertiary/aromatic N) is 2. The van der Waals surface area contributed by atoms with Gasteiger partial charge < -0.3 is 23.8 Å². The Morgan fingerprint density at radius 1 is 1.08 bits per heavy atom. The van der Waals surface area contributed by atoms with Crippen LogP contribution in [0.2, 0.25) is 0 Å². The largest absolute Gasteiger partial charge is 0.491 e. The first-order chi connectivity index (χ1) is 24.7. The number of ether oxygens (including phenoxy) is 4. The summed E-state index contributed by atoms with van der Waals surface area (Å²) in [5.74, 6) is 1.08. The van der Waals surface area contributed by atoms with Crippen LogP contribution in [0, 0.1) is 23.7 Å². The number of rotatable bonds is 7. The summed E-state index contributed by atoms with van der Waals surface area (Å²) >= 11 is 6.42. The molecule has 3 heterocycles. The molecular formula is C39H56ClN3O7S. The molecule has 1 saturated heterocycles. The lowest BCUT2D eigenvalue weighted by Gasteiger charge is -2.49. The molecule has 0 radical (unpaired) electrons. The average molecular weight is 746 g/mol. The number of amides is 1. The Bertz CT molecular complexity index is 1540. The number of allylic oxidation sites excluding steroid dienone is 4. The molecule has 1 N–H and O–H groups in total. The summed E-state index contributed by atoms with van der Waals surface area (Å²) in [6.07, 6.45) is 16.8. The quantitative estimate of drug-likeness (QED) is 0.269. The maximum Gasteiger partial charge on any atom is 0.264 e. The first-order valence-electron chi connectivity index (χ1n) is 19.0. The fourth-order valence-corrected chi connectivity index (χ4v) is 10.0. The molecule has 1 aromatic carbocycles. The van der Waals surface area contributed by atoms with Crippen molar-refractivity contribution in [1.82, 2.24) is 9.62 Å². The van der Waals surface area contributed by atoms with Crippen LogP contribution in [0.4, 0.5) is 5.69 Å². The topological polar surface area (TPSA) is 107 Å². The van der Waals surface area contributed by atoms with Gasteiger partial charge in [0.15, 0.2) is 0 Å². The highest BCUT2D eigenvalue weighted by Crippen LogP contribution is 2.46. The van der Waals surface area contributed by atoms with Gasteiger partial charge in [0.25, 0.3) is 5.91 Å². The van der Waals surface area contributed by atoms with Crippen LogP contribution >= 0.6 is 11.6 Å². The van der Waals surface area contributed by atoms with Gasteiger partial charge in [0.05, 0.1) is 44.0 Å². The molecule has 2 aliphatic carbocycles. The van der Waals surface area contributed by atoms with Crippen LogP contribution in [-0.2, 0) is 24.2 Å². The molecule has 6 atom stereocenters. The van der Waals surface area contributed by atoms with E-state index < -0.39 is 26.8 Å². The van der Waals surface area contributed by atoms with E-state index >= 15 is 0 Å². The van der Waals surface area contributed by atoms with Crippen molar-refractivity contribution < 1.29 is 32.2 Å². The number of benzene rings is 1. The van der Waals surface area contributed by atoms with E-state index in [1.807, 2.05) is 25.1 Å². The van der Waals surface area contributed by atoms with E-state index in [9.17, 15) is 13.2 Å². The second-order valence-corrected chi connectivity index (χ2v) is 17.2. The molecule has 6 rings (SSSR count). The van der Waals surface area contributed by atoms with Crippen LogP contribution in [0.3, 0.4) is 0 Å². The highest BCUT2D eigenvalue weighted by molar-refractivity contribution is 7.90. The monoisotopic (exact) mass is 745 g/mol. The summed E-state index contributed by atoms with van der Waals surface area (Å²) < 4.78 is 54.4. The van der Waals surface area contributed by atoms with Gasteiger partial charge >= 0.3 is 0 Å². The van der Waals surface area contributed by atoms with E-state index in [2.05, 4.69) is 38.8 Å². The summed E-state index contributed by atoms with van der Waals surface area (Å²) in [6.45, 7) is 9.06. The van der Waals surface area contributed by atoms with Gasteiger partial charge in [0.2, 0.25) is 10.0 Å². The predicted molar refractivity (Wildman–Crippen MR) is 201 cm³/mol. The SMILES string of the molecule is CC[C@@H]1CC/C=C/[C@@](COCCN2CCOCC2)(OC)[C@@H]2CC[C@H]2CN2CCCCC3C=C(Cl)C=CC3COc3ccc(cc32)C(=O)NS1(=O)=O. The molecule has 10 nitrogen and oxygen atoms in total. The zero-order chi connectivity index (χ0) is 35.8. The second-order valence-electron chi connectivity index (χ2n) is 14.8. The van der Waals surface area contributed by atoms with E-state index in [1.165, 1.54) is 0 Å². The molecule has 0 aromatic heterocycles. The molecule has 1 amide bonds. The number of sulfonamides is 1. The lowest BCUT2D eigenvalue weighted by atomic mass is 9.64. The van der Waals surface area contributed by atoms with Crippen LogP contribution in [0.25, 0.3) is 0 Å². The summed E-state index contributed by atoms with van der Waals surface area (Å²) in [6, 6.07) is 5.33. The number of carbonyl (C=O) groups excluding carboxylic acids is 1. The van der Waals surface area contributed by atoms with E-state index in [4.69, 9.17) is 30.5 Å². The normalized spacial score (nSPS) is 32.5. The number of hydrogen-bond donors (Lipinski definition) is 1. The third-order valence-corrected chi connectivity index (χ3v) is 13.9. The molecule has 3 aliphatic heterocycles. The highest BCUT2D eigenvalue weighted by Gasteiger charge is 2.47. The van der Waals surface area contributed by atoms with Crippen molar-refractivity contribution in [2.45, 2.75) is 69.1 Å². The number of methoxy groups -OCH3 is 1. The first-order valence-corrected chi connectivity index (χ1v) is 20.9. The van der Waals surface area contributed by atoms with E-state index in [-0.39, 0.29) is 11.8 Å². The molecule has 0 spiro atoms. The van der Waals surface area contributed by atoms with Gasteiger partial charge in [-0.2, -0.15) is 0 Å². The molecule has 2 unspecified atom stereocenters. The molecule has 5 aliphatic rings. The van der Waals surface area contributed by atoms with Crippen molar-refractivity contribution >= 4 is 33.2 Å². The zero-order valence-corrected chi connectivity index (χ0v) is 31.8. The Morgan fingerprint density at radius 2 is 1.92 bits per heavy atom. The second kappa shape index (κ2) is 17.6. The summed E-state index contributed by atoms with van der Waals surface area (Å²) in [5.41, 5.74) is 0.471. The van der Waals surface area contributed by atoms with Crippen LogP contribution in [0.15, 0.2) is 53.6 Å². The van der Waals surface area contributed by atoms with E-state index in [1.54, 1.807) is 13.2 Å². The molecule has 2 fully saturated rings. The molecule has 1 aromatic rings. The maximum absolute atomic E-state index is 13.6. The van der Waals surface area contributed by atoms with Crippen molar-refractivity contribution in [3.63, 3.8) is 0 Å². The number of fused-ring (bicyclic) bond motifs is 3. The number of nitrogens with one attached hydrogen (secondary N) is 1. The Kier molecular flexibility index (Phi) is 13.2. The van der Waals surface area contributed by atoms with Gasteiger partial charge in [-0.1, -0.05) is 49.2 Å². The number of morpholine rings is 1. The van der Waals surface area contributed by atoms with Crippen LogP contribution in [0.1, 0.15) is 68.6 Å². The number of anilines is 1. The van der Waals surface area contributed by atoms with Crippen molar-refractivity contribution in [2.24, 2.45) is 23.7 Å². The number of hydrogen-bond acceptors (Lipinski definition) is 9. The number of halogens is 1. The smallest absolute Gasteiger partial charge is 0.264 e. The Hall–Kier alpha value is -2.41. The standard InChI is InChI=1S/C39H56ClN3O7S/c1-3-34-9-4-6-16-39(47-2,28-49-23-20-42-18-21-48-22-19-42)35-14-11-31(35)26-43-17-7-5-8-29-24-33(40)13-10-32(29)27-50-37-15-12-30(25-36(37)43)38(44)41-51(34,45)46/h6,10,12-13,15-16,24-25,29,31-32,34-35H,3-5,7-9,11,14,17-23,26-28H2,1-2H3,(H,41,44)/b16-6+/t29?,31-,32?,34+,35+,39-/m0/s1. The minimum Gasteiger partial charge on any atom is -0.491 e. The molecule has 12 heteroatoms. The third-order valence-electron chi connectivity index (χ3n) is 11.7. The summed E-state index contributed by atoms with van der Waals surface area (Å²) in [7, 11) is -2.15. The lowest BCUT2D eigenvalue weighted by molar-refractivity contribution is -0.120. The summed E-state index contributed by atoms with van der Waals surface area (Å²) in [5, 5.41) is 0.0567. The van der Waals surface area contributed by atoms with Gasteiger partial charge in [0.1, 0.15) is 11.4 Å². The molecule has 282 valence electrons. The van der Waals surface area contributed by atoms with Crippen molar-refractivity contribution in [3.8, 4) is 5.75 Å². The average Bonchev–Trinajstić information content (AvgIpc) is 3.14. The molecular weight excluding hydrogens is 690 g/mol. The molecule has 1 saturated carbocycles. The van der Waals surface area contributed by atoms with E-state index in [0.29, 0.717) is 62.2 Å². The van der Waals surface area contributed by atoms with Crippen molar-refractivity contribution in [3.05, 3.63) is 59.2 Å². The minimum atomic E-state index is -3.92. The third kappa shape index (κ3) is 9.40. The van der Waals surface area contributed by atoms with Crippen LogP contribution in [0.5, 0.6) is 5.75 Å². The highest BCUT2D eigenvalue weighted by atomic mass is 35.5. The van der Waals surface area contributed by atoms with Gasteiger partial charge in [-0.25, -0.2) is 13.1 Å². The van der Waals surface area contributed by atoms with Crippen molar-refractivity contribution in [2.75, 3.05) is 77.8 Å². The Labute approximate surface area is 309 Å². The molecule has 51 heavy (non-hydrogen) atoms. The Morgan fingerprint density at radius 3 is 2.69 bits per heavy atom. The van der Waals surface area contributed by atoms with Crippen LogP contribution in [-0.4, -0.2) is 103 Å². The number of carbonyl (C=O) groups is 1. The molecule has 2 bridgehead atoms. The van der Waals surface area contributed by atoms with Crippen LogP contribution < -0.4 is 14.4 Å². The fraction of sp³-hybridized carbons (Fsp3) is 0.667. The lowest BCUT2D eigenvalue weighted by Crippen LogP contribution is -2.53. The van der Waals surface area contributed by atoms with Crippen molar-refractivity contribution in [1.29, 1.82) is 0 Å². The van der Waals surface area contributed by atoms with Gasteiger partial charge in [0, 0.05) is 56.3 Å². The zero-order valence-electron chi connectivity index (χ0n) is 30.3. The summed E-state index contributed by atoms with van der Waals surface area (Å²) in [4.78, 5) is 18.3. The van der Waals surface area contributed by atoms with E-state index in [0.717, 1.165) is 88.8 Å². The maximum atomic E-state index is 13.6. The first kappa shape index (κ1) is 38.3. The van der Waals surface area contributed by atoms with Gasteiger partial charge in [-0.05, 0) is 87.0 Å². The fourth-order valence-electron chi connectivity index (χ4n) is 8.36. The van der Waals surface area contributed by atoms with Gasteiger partial charge in [-0.3, -0.25) is 9.69 Å².